The van der Waals surface area contributed by atoms with E-state index < -0.39 is 0 Å². The van der Waals surface area contributed by atoms with Crippen molar-refractivity contribution in [2.75, 3.05) is 7.11 Å². The zero-order valence-corrected chi connectivity index (χ0v) is 11.8. The Morgan fingerprint density at radius 1 is 1.10 bits per heavy atom. The lowest BCUT2D eigenvalue weighted by atomic mass is 9.91. The number of rotatable bonds is 1. The summed E-state index contributed by atoms with van der Waals surface area (Å²) in [6, 6.07) is 17.3. The minimum Gasteiger partial charge on any atom is -0.497 e. The summed E-state index contributed by atoms with van der Waals surface area (Å²) in [6.07, 6.45) is 0. The molecule has 0 spiro atoms. The highest BCUT2D eigenvalue weighted by atomic mass is 16.5. The largest absolute Gasteiger partial charge is 0.497 e. The molecule has 0 bridgehead atoms. The fraction of sp³-hybridized carbons (Fsp3) is 0.222. The zero-order chi connectivity index (χ0) is 13.7. The first-order valence-corrected chi connectivity index (χ1v) is 7.04. The third-order valence-corrected chi connectivity index (χ3v) is 4.34. The van der Waals surface area contributed by atoms with E-state index in [1.165, 1.54) is 27.7 Å². The van der Waals surface area contributed by atoms with Gasteiger partial charge in [0, 0.05) is 29.3 Å². The molecule has 2 nitrogen and oxygen atoms in total. The van der Waals surface area contributed by atoms with Crippen molar-refractivity contribution in [1.29, 1.82) is 0 Å². The van der Waals surface area contributed by atoms with E-state index in [2.05, 4.69) is 54.0 Å². The molecule has 0 aliphatic carbocycles. The van der Waals surface area contributed by atoms with E-state index in [9.17, 15) is 0 Å². The van der Waals surface area contributed by atoms with Crippen LogP contribution >= 0.6 is 0 Å². The third-order valence-electron chi connectivity index (χ3n) is 4.34. The molecule has 2 heterocycles. The van der Waals surface area contributed by atoms with Crippen molar-refractivity contribution in [3.8, 4) is 17.0 Å². The lowest BCUT2D eigenvalue weighted by molar-refractivity contribution is 0.415. The van der Waals surface area contributed by atoms with Crippen molar-refractivity contribution in [3.05, 3.63) is 54.1 Å². The molecule has 0 saturated carbocycles. The van der Waals surface area contributed by atoms with Gasteiger partial charge < -0.3 is 9.30 Å². The van der Waals surface area contributed by atoms with Gasteiger partial charge in [-0.25, -0.2) is 0 Å². The van der Waals surface area contributed by atoms with Crippen LogP contribution < -0.4 is 4.74 Å². The van der Waals surface area contributed by atoms with Gasteiger partial charge in [0.15, 0.2) is 0 Å². The highest BCUT2D eigenvalue weighted by molar-refractivity contribution is 5.89. The van der Waals surface area contributed by atoms with Gasteiger partial charge in [0.2, 0.25) is 0 Å². The maximum absolute atomic E-state index is 5.37. The zero-order valence-electron chi connectivity index (χ0n) is 11.8. The van der Waals surface area contributed by atoms with Crippen LogP contribution in [0, 0.1) is 0 Å². The number of nitrogens with zero attached hydrogens (tertiary/aromatic N) is 1. The average Bonchev–Trinajstić information content (AvgIpc) is 2.85. The Labute approximate surface area is 118 Å². The number of aromatic nitrogens is 1. The molecule has 1 aliphatic rings. The minimum absolute atomic E-state index is 0.542. The fourth-order valence-electron chi connectivity index (χ4n) is 3.31. The predicted molar refractivity (Wildman–Crippen MR) is 82.3 cm³/mol. The molecule has 0 N–H and O–H groups in total. The van der Waals surface area contributed by atoms with Gasteiger partial charge in [0.1, 0.15) is 5.75 Å². The Balaban J connectivity index is 2.04. The molecule has 0 radical (unpaired) electrons. The highest BCUT2D eigenvalue weighted by Gasteiger charge is 2.23. The second-order valence-electron chi connectivity index (χ2n) is 5.55. The van der Waals surface area contributed by atoms with Gasteiger partial charge >= 0.3 is 0 Å². The van der Waals surface area contributed by atoms with Crippen molar-refractivity contribution >= 4 is 10.9 Å². The summed E-state index contributed by atoms with van der Waals surface area (Å²) in [5, 5.41) is 1.28. The summed E-state index contributed by atoms with van der Waals surface area (Å²) in [5.74, 6) is 1.46. The van der Waals surface area contributed by atoms with Crippen LogP contribution in [-0.4, -0.2) is 11.7 Å². The highest BCUT2D eigenvalue weighted by Crippen LogP contribution is 2.40. The number of benzene rings is 2. The molecular formula is C18H17NO. The van der Waals surface area contributed by atoms with E-state index in [1.54, 1.807) is 7.11 Å². The van der Waals surface area contributed by atoms with Crippen LogP contribution in [0.3, 0.4) is 0 Å². The molecule has 0 saturated heterocycles. The van der Waals surface area contributed by atoms with Crippen LogP contribution in [0.4, 0.5) is 0 Å². The maximum Gasteiger partial charge on any atom is 0.120 e. The van der Waals surface area contributed by atoms with Crippen molar-refractivity contribution in [3.63, 3.8) is 0 Å². The smallest absolute Gasteiger partial charge is 0.120 e. The molecule has 20 heavy (non-hydrogen) atoms. The van der Waals surface area contributed by atoms with Gasteiger partial charge in [-0.05, 0) is 29.7 Å². The van der Waals surface area contributed by atoms with Crippen LogP contribution in [0.15, 0.2) is 48.5 Å². The van der Waals surface area contributed by atoms with Crippen LogP contribution in [-0.2, 0) is 6.54 Å². The molecule has 2 aromatic carbocycles. The van der Waals surface area contributed by atoms with E-state index >= 15 is 0 Å². The molecule has 0 amide bonds. The van der Waals surface area contributed by atoms with Crippen molar-refractivity contribution in [1.82, 2.24) is 4.57 Å². The van der Waals surface area contributed by atoms with Crippen molar-refractivity contribution < 1.29 is 4.74 Å². The monoisotopic (exact) mass is 263 g/mol. The second-order valence-corrected chi connectivity index (χ2v) is 5.55. The van der Waals surface area contributed by atoms with Gasteiger partial charge in [-0.3, -0.25) is 0 Å². The van der Waals surface area contributed by atoms with Crippen LogP contribution in [0.2, 0.25) is 0 Å². The van der Waals surface area contributed by atoms with E-state index in [1.807, 2.05) is 6.07 Å². The molecule has 2 heteroatoms. The molecule has 1 aliphatic heterocycles. The Morgan fingerprint density at radius 3 is 2.80 bits per heavy atom. The molecule has 1 unspecified atom stereocenters. The van der Waals surface area contributed by atoms with Gasteiger partial charge in [-0.15, -0.1) is 0 Å². The second kappa shape index (κ2) is 4.14. The summed E-state index contributed by atoms with van der Waals surface area (Å²) >= 11 is 0. The van der Waals surface area contributed by atoms with Crippen LogP contribution in [0.5, 0.6) is 5.75 Å². The van der Waals surface area contributed by atoms with E-state index in [-0.39, 0.29) is 0 Å². The molecule has 3 aromatic rings. The molecule has 100 valence electrons. The maximum atomic E-state index is 5.37. The topological polar surface area (TPSA) is 14.2 Å². The summed E-state index contributed by atoms with van der Waals surface area (Å²) in [4.78, 5) is 0. The number of hydrogen-bond donors (Lipinski definition) is 0. The van der Waals surface area contributed by atoms with Gasteiger partial charge in [0.05, 0.1) is 12.6 Å². The Hall–Kier alpha value is -2.22. The Bertz CT molecular complexity index is 800. The normalized spacial score (nSPS) is 16.8. The Morgan fingerprint density at radius 2 is 1.95 bits per heavy atom. The van der Waals surface area contributed by atoms with Crippen molar-refractivity contribution in [2.45, 2.75) is 19.4 Å². The summed E-state index contributed by atoms with van der Waals surface area (Å²) in [5.41, 5.74) is 5.40. The van der Waals surface area contributed by atoms with Gasteiger partial charge in [0.25, 0.3) is 0 Å². The van der Waals surface area contributed by atoms with E-state index in [0.29, 0.717) is 5.92 Å². The molecular weight excluding hydrogens is 246 g/mol. The first-order chi connectivity index (χ1) is 9.78. The molecule has 1 atom stereocenters. The third kappa shape index (κ3) is 1.51. The summed E-state index contributed by atoms with van der Waals surface area (Å²) < 4.78 is 7.79. The lowest BCUT2D eigenvalue weighted by Crippen LogP contribution is -2.14. The first-order valence-electron chi connectivity index (χ1n) is 7.04. The lowest BCUT2D eigenvalue weighted by Gasteiger charge is -2.25. The van der Waals surface area contributed by atoms with E-state index in [4.69, 9.17) is 4.74 Å². The summed E-state index contributed by atoms with van der Waals surface area (Å²) in [6.45, 7) is 3.33. The van der Waals surface area contributed by atoms with E-state index in [0.717, 1.165) is 12.3 Å². The van der Waals surface area contributed by atoms with Crippen LogP contribution in [0.25, 0.3) is 22.2 Å². The van der Waals surface area contributed by atoms with Gasteiger partial charge in [-0.2, -0.15) is 0 Å². The van der Waals surface area contributed by atoms with Gasteiger partial charge in [-0.1, -0.05) is 31.2 Å². The minimum atomic E-state index is 0.542. The molecule has 0 fully saturated rings. The average molecular weight is 263 g/mol. The SMILES string of the molecule is COc1ccc2cc3n(c2c1)CC(C)c1ccccc1-3. The number of methoxy groups -OCH3 is 1. The first kappa shape index (κ1) is 11.6. The van der Waals surface area contributed by atoms with Crippen LogP contribution in [0.1, 0.15) is 18.4 Å². The Kier molecular flexibility index (Phi) is 2.40. The summed E-state index contributed by atoms with van der Waals surface area (Å²) in [7, 11) is 1.72. The molecule has 4 rings (SSSR count). The predicted octanol–water partition coefficient (Wildman–Crippen LogP) is 4.43. The quantitative estimate of drug-likeness (QED) is 0.633. The number of fused-ring (bicyclic) bond motifs is 5. The standard InChI is InChI=1S/C18H17NO/c1-12-11-19-17-10-14(20-2)8-7-13(17)9-18(19)16-6-4-3-5-15(12)16/h3-10,12H,11H2,1-2H3. The van der Waals surface area contributed by atoms with Crippen molar-refractivity contribution in [2.24, 2.45) is 0 Å². The fourth-order valence-corrected chi connectivity index (χ4v) is 3.31. The number of hydrogen-bond acceptors (Lipinski definition) is 1. The number of ether oxygens (including phenoxy) is 1. The molecule has 1 aromatic heterocycles.